The molecule has 0 radical (unpaired) electrons. The number of non-ortho nitro benzene ring substituents is 1. The van der Waals surface area contributed by atoms with Crippen molar-refractivity contribution < 1.29 is 28.0 Å². The van der Waals surface area contributed by atoms with E-state index < -0.39 is 35.1 Å². The molecule has 10 heteroatoms. The van der Waals surface area contributed by atoms with Crippen LogP contribution in [-0.4, -0.2) is 38.6 Å². The van der Waals surface area contributed by atoms with Gasteiger partial charge in [-0.25, -0.2) is 0 Å². The Morgan fingerprint density at radius 3 is 2.33 bits per heavy atom. The van der Waals surface area contributed by atoms with Gasteiger partial charge in [0.05, 0.1) is 17.1 Å². The van der Waals surface area contributed by atoms with Crippen LogP contribution in [0.5, 0.6) is 0 Å². The first-order valence-corrected chi connectivity index (χ1v) is 6.93. The number of hydrogen-bond donors (Lipinski definition) is 1. The molecular formula is C14H14F3N3O4. The molecule has 7 nitrogen and oxygen atoms in total. The van der Waals surface area contributed by atoms with E-state index in [-0.39, 0.29) is 22.0 Å². The van der Waals surface area contributed by atoms with Gasteiger partial charge in [0, 0.05) is 18.1 Å². The van der Waals surface area contributed by atoms with Crippen LogP contribution in [0.3, 0.4) is 0 Å². The molecule has 0 saturated carbocycles. The SMILES string of the molecule is CC(C)C(=O)N1N=C(c2ccc([N+](=O)[O-])cc2)CC1(O)C(F)(F)F. The first kappa shape index (κ1) is 17.9. The number of hydrazone groups is 1. The Morgan fingerprint density at radius 1 is 1.38 bits per heavy atom. The highest BCUT2D eigenvalue weighted by Gasteiger charge is 2.63. The monoisotopic (exact) mass is 345 g/mol. The van der Waals surface area contributed by atoms with Crippen molar-refractivity contribution in [3.8, 4) is 0 Å². The molecule has 2 rings (SSSR count). The van der Waals surface area contributed by atoms with Crippen LogP contribution in [0.15, 0.2) is 29.4 Å². The van der Waals surface area contributed by atoms with Gasteiger partial charge >= 0.3 is 6.18 Å². The summed E-state index contributed by atoms with van der Waals surface area (Å²) in [5.74, 6) is -1.79. The third-order valence-corrected chi connectivity index (χ3v) is 3.55. The van der Waals surface area contributed by atoms with Gasteiger partial charge in [0.2, 0.25) is 5.91 Å². The summed E-state index contributed by atoms with van der Waals surface area (Å²) in [4.78, 5) is 22.0. The third kappa shape index (κ3) is 2.96. The molecule has 1 heterocycles. The van der Waals surface area contributed by atoms with Crippen molar-refractivity contribution in [1.82, 2.24) is 5.01 Å². The molecule has 0 aromatic heterocycles. The van der Waals surface area contributed by atoms with Crippen LogP contribution in [0.1, 0.15) is 25.8 Å². The van der Waals surface area contributed by atoms with Gasteiger partial charge in [0.1, 0.15) is 0 Å². The van der Waals surface area contributed by atoms with E-state index in [1.165, 1.54) is 26.0 Å². The molecule has 1 N–H and O–H groups in total. The van der Waals surface area contributed by atoms with E-state index in [0.29, 0.717) is 0 Å². The van der Waals surface area contributed by atoms with Crippen LogP contribution in [0.2, 0.25) is 0 Å². The number of benzene rings is 1. The summed E-state index contributed by atoms with van der Waals surface area (Å²) >= 11 is 0. The molecule has 1 aromatic carbocycles. The lowest BCUT2D eigenvalue weighted by Crippen LogP contribution is -2.57. The fraction of sp³-hybridized carbons (Fsp3) is 0.429. The number of carbonyl (C=O) groups is 1. The van der Waals surface area contributed by atoms with Crippen molar-refractivity contribution in [3.63, 3.8) is 0 Å². The summed E-state index contributed by atoms with van der Waals surface area (Å²) in [6.45, 7) is 2.77. The molecular weight excluding hydrogens is 331 g/mol. The maximum atomic E-state index is 13.3. The van der Waals surface area contributed by atoms with Crippen molar-refractivity contribution in [2.75, 3.05) is 0 Å². The van der Waals surface area contributed by atoms with Crippen LogP contribution >= 0.6 is 0 Å². The van der Waals surface area contributed by atoms with Gasteiger partial charge in [-0.2, -0.15) is 23.3 Å². The molecule has 0 fully saturated rings. The Bertz CT molecular complexity index is 700. The predicted octanol–water partition coefficient (Wildman–Crippen LogP) is 2.44. The van der Waals surface area contributed by atoms with Gasteiger partial charge in [-0.15, -0.1) is 0 Å². The van der Waals surface area contributed by atoms with Crippen molar-refractivity contribution in [2.45, 2.75) is 32.2 Å². The number of rotatable bonds is 3. The van der Waals surface area contributed by atoms with E-state index >= 15 is 0 Å². The third-order valence-electron chi connectivity index (χ3n) is 3.55. The zero-order chi connectivity index (χ0) is 18.3. The highest BCUT2D eigenvalue weighted by atomic mass is 19.4. The summed E-state index contributed by atoms with van der Waals surface area (Å²) in [5.41, 5.74) is -3.70. The van der Waals surface area contributed by atoms with Crippen molar-refractivity contribution in [3.05, 3.63) is 39.9 Å². The van der Waals surface area contributed by atoms with Crippen LogP contribution in [0.25, 0.3) is 0 Å². The number of aliphatic hydroxyl groups is 1. The average Bonchev–Trinajstić information content (AvgIpc) is 2.85. The Balaban J connectivity index is 2.43. The Hall–Kier alpha value is -2.49. The van der Waals surface area contributed by atoms with Gasteiger partial charge in [0.15, 0.2) is 0 Å². The number of nitro groups is 1. The summed E-state index contributed by atoms with van der Waals surface area (Å²) in [6.07, 6.45) is -6.06. The molecule has 0 bridgehead atoms. The lowest BCUT2D eigenvalue weighted by Gasteiger charge is -2.33. The molecule has 1 aromatic rings. The normalized spacial score (nSPS) is 21.1. The number of nitro benzene ring substituents is 1. The molecule has 1 atom stereocenters. The van der Waals surface area contributed by atoms with Crippen LogP contribution in [-0.2, 0) is 4.79 Å². The largest absolute Gasteiger partial charge is 0.438 e. The summed E-state index contributed by atoms with van der Waals surface area (Å²) in [6, 6.07) is 4.66. The molecule has 1 aliphatic rings. The standard InChI is InChI=1S/C14H14F3N3O4/c1-8(2)12(21)19-13(22,14(15,16)17)7-11(18-19)9-3-5-10(6-4-9)20(23)24/h3-6,8,22H,7H2,1-2H3. The summed E-state index contributed by atoms with van der Waals surface area (Å²) < 4.78 is 39.8. The number of halogens is 3. The minimum Gasteiger partial charge on any atom is -0.362 e. The van der Waals surface area contributed by atoms with E-state index in [0.717, 1.165) is 12.1 Å². The fourth-order valence-corrected chi connectivity index (χ4v) is 2.18. The van der Waals surface area contributed by atoms with E-state index in [4.69, 9.17) is 0 Å². The van der Waals surface area contributed by atoms with Gasteiger partial charge in [-0.1, -0.05) is 13.8 Å². The molecule has 0 saturated heterocycles. The lowest BCUT2D eigenvalue weighted by molar-refractivity contribution is -0.384. The summed E-state index contributed by atoms with van der Waals surface area (Å²) in [7, 11) is 0. The molecule has 1 amide bonds. The molecule has 24 heavy (non-hydrogen) atoms. The van der Waals surface area contributed by atoms with E-state index in [9.17, 15) is 33.2 Å². The van der Waals surface area contributed by atoms with Crippen LogP contribution in [0, 0.1) is 16.0 Å². The average molecular weight is 345 g/mol. The highest BCUT2D eigenvalue weighted by Crippen LogP contribution is 2.42. The van der Waals surface area contributed by atoms with Gasteiger partial charge in [0.25, 0.3) is 11.4 Å². The Kier molecular flexibility index (Phi) is 4.36. The second-order valence-corrected chi connectivity index (χ2v) is 5.65. The van der Waals surface area contributed by atoms with Crippen molar-refractivity contribution in [2.24, 2.45) is 11.0 Å². The maximum absolute atomic E-state index is 13.3. The highest BCUT2D eigenvalue weighted by molar-refractivity contribution is 6.03. The second kappa shape index (κ2) is 5.86. The molecule has 0 aliphatic carbocycles. The van der Waals surface area contributed by atoms with E-state index in [2.05, 4.69) is 5.10 Å². The number of carbonyl (C=O) groups excluding carboxylic acids is 1. The van der Waals surface area contributed by atoms with Crippen molar-refractivity contribution in [1.29, 1.82) is 0 Å². The smallest absolute Gasteiger partial charge is 0.362 e. The molecule has 1 unspecified atom stereocenters. The Labute approximate surface area is 134 Å². The van der Waals surface area contributed by atoms with Gasteiger partial charge in [-0.3, -0.25) is 14.9 Å². The minimum absolute atomic E-state index is 0.0500. The van der Waals surface area contributed by atoms with Crippen molar-refractivity contribution >= 4 is 17.3 Å². The zero-order valence-electron chi connectivity index (χ0n) is 12.7. The lowest BCUT2D eigenvalue weighted by atomic mass is 10.00. The van der Waals surface area contributed by atoms with Gasteiger partial charge in [-0.05, 0) is 17.7 Å². The van der Waals surface area contributed by atoms with Gasteiger partial charge < -0.3 is 5.11 Å². The number of hydrogen-bond acceptors (Lipinski definition) is 5. The number of alkyl halides is 3. The molecule has 0 spiro atoms. The van der Waals surface area contributed by atoms with Crippen LogP contribution < -0.4 is 0 Å². The first-order chi connectivity index (χ1) is 11.0. The second-order valence-electron chi connectivity index (χ2n) is 5.65. The minimum atomic E-state index is -5.11. The number of amides is 1. The predicted molar refractivity (Wildman–Crippen MR) is 76.9 cm³/mol. The topological polar surface area (TPSA) is 96.0 Å². The number of nitrogens with zero attached hydrogens (tertiary/aromatic N) is 3. The first-order valence-electron chi connectivity index (χ1n) is 6.93. The fourth-order valence-electron chi connectivity index (χ4n) is 2.18. The molecule has 130 valence electrons. The maximum Gasteiger partial charge on any atom is 0.438 e. The summed E-state index contributed by atoms with van der Waals surface area (Å²) in [5, 5.41) is 24.3. The zero-order valence-corrected chi connectivity index (χ0v) is 12.7. The van der Waals surface area contributed by atoms with E-state index in [1.807, 2.05) is 0 Å². The quantitative estimate of drug-likeness (QED) is 0.672. The Morgan fingerprint density at radius 2 is 1.92 bits per heavy atom. The molecule has 1 aliphatic heterocycles. The van der Waals surface area contributed by atoms with Crippen LogP contribution in [0.4, 0.5) is 18.9 Å². The van der Waals surface area contributed by atoms with E-state index in [1.54, 1.807) is 0 Å².